The number of carbonyl (C=O) groups is 1. The molecule has 100 valence electrons. The second kappa shape index (κ2) is 4.08. The Hall–Kier alpha value is -1.92. The minimum absolute atomic E-state index is 0.219. The lowest BCUT2D eigenvalue weighted by Crippen LogP contribution is -2.37. The molecule has 1 aliphatic rings. The molecule has 2 N–H and O–H groups in total. The van der Waals surface area contributed by atoms with Crippen molar-refractivity contribution in [3.8, 4) is 5.88 Å². The predicted molar refractivity (Wildman–Crippen MR) is 64.3 cm³/mol. The number of hydrogen-bond acceptors (Lipinski definition) is 4. The molecule has 1 amide bonds. The smallest absolute Gasteiger partial charge is 0.427 e. The molecular formula is C11H17N3O4. The van der Waals surface area contributed by atoms with E-state index in [-0.39, 0.29) is 5.88 Å². The third-order valence-corrected chi connectivity index (χ3v) is 2.62. The van der Waals surface area contributed by atoms with Crippen molar-refractivity contribution in [3.63, 3.8) is 0 Å². The number of ether oxygens (including phenoxy) is 1. The topological polar surface area (TPSA) is 85.5 Å². The Balaban J connectivity index is 2.21. The fraction of sp³-hybridized carbons (Fsp3) is 0.636. The largest absolute Gasteiger partial charge is 0.492 e. The van der Waals surface area contributed by atoms with Crippen molar-refractivity contribution in [3.05, 3.63) is 16.2 Å². The van der Waals surface area contributed by atoms with Crippen LogP contribution in [0.15, 0.2) is 4.79 Å². The summed E-state index contributed by atoms with van der Waals surface area (Å²) in [7, 11) is 0. The van der Waals surface area contributed by atoms with E-state index in [0.717, 1.165) is 11.1 Å². The molecule has 7 heteroatoms. The maximum Gasteiger partial charge on any atom is 0.427 e. The van der Waals surface area contributed by atoms with Crippen LogP contribution in [0.3, 0.4) is 0 Å². The number of nitrogens with one attached hydrogen (secondary N) is 1. The standard InChI is InChI=1S/C11H17N3O4/c1-11(2,3)18-9(16)12-14-8(15)7-5-4-6-13(7)10(14)17/h15H,4-6H2,1-3H3,(H,12,16). The van der Waals surface area contributed by atoms with E-state index in [1.165, 1.54) is 4.57 Å². The number of imidazole rings is 1. The minimum atomic E-state index is -0.774. The van der Waals surface area contributed by atoms with Gasteiger partial charge in [-0.2, -0.15) is 4.68 Å². The van der Waals surface area contributed by atoms with Gasteiger partial charge in [-0.25, -0.2) is 15.0 Å². The summed E-state index contributed by atoms with van der Waals surface area (Å²) in [6.45, 7) is 5.71. The van der Waals surface area contributed by atoms with Crippen LogP contribution < -0.4 is 11.1 Å². The van der Waals surface area contributed by atoms with Crippen molar-refractivity contribution in [2.45, 2.75) is 45.8 Å². The molecule has 0 saturated carbocycles. The molecule has 0 bridgehead atoms. The Morgan fingerprint density at radius 3 is 2.67 bits per heavy atom. The van der Waals surface area contributed by atoms with Gasteiger partial charge in [-0.3, -0.25) is 4.57 Å². The quantitative estimate of drug-likeness (QED) is 0.776. The highest BCUT2D eigenvalue weighted by molar-refractivity contribution is 5.76. The molecule has 0 spiro atoms. The van der Waals surface area contributed by atoms with Gasteiger partial charge in [0.15, 0.2) is 0 Å². The zero-order valence-corrected chi connectivity index (χ0v) is 10.7. The van der Waals surface area contributed by atoms with E-state index in [1.54, 1.807) is 20.8 Å². The van der Waals surface area contributed by atoms with Crippen LogP contribution in [0.5, 0.6) is 5.88 Å². The van der Waals surface area contributed by atoms with Gasteiger partial charge in [0.25, 0.3) is 0 Å². The lowest BCUT2D eigenvalue weighted by molar-refractivity contribution is 0.0609. The number of fused-ring (bicyclic) bond motifs is 1. The molecule has 0 saturated heterocycles. The summed E-state index contributed by atoms with van der Waals surface area (Å²) < 4.78 is 7.30. The predicted octanol–water partition coefficient (Wildman–Crippen LogP) is 0.780. The van der Waals surface area contributed by atoms with Gasteiger partial charge in [0.05, 0.1) is 5.69 Å². The van der Waals surface area contributed by atoms with E-state index in [0.29, 0.717) is 18.7 Å². The average Bonchev–Trinajstić information content (AvgIpc) is 2.76. The SMILES string of the molecule is CC(C)(C)OC(=O)Nn1c(O)c2n(c1=O)CCC2. The van der Waals surface area contributed by atoms with E-state index in [9.17, 15) is 14.7 Å². The van der Waals surface area contributed by atoms with Gasteiger partial charge in [-0.05, 0) is 33.6 Å². The van der Waals surface area contributed by atoms with E-state index >= 15 is 0 Å². The summed E-state index contributed by atoms with van der Waals surface area (Å²) in [5, 5.41) is 9.85. The number of carbonyl (C=O) groups excluding carboxylic acids is 1. The van der Waals surface area contributed by atoms with Crippen molar-refractivity contribution < 1.29 is 14.6 Å². The maximum absolute atomic E-state index is 11.9. The summed E-state index contributed by atoms with van der Waals surface area (Å²) in [6, 6.07) is 0. The number of aromatic nitrogens is 2. The van der Waals surface area contributed by atoms with Gasteiger partial charge in [0.2, 0.25) is 5.88 Å². The van der Waals surface area contributed by atoms with Crippen molar-refractivity contribution in [1.29, 1.82) is 0 Å². The molecule has 1 aliphatic heterocycles. The van der Waals surface area contributed by atoms with Crippen LogP contribution in [0.1, 0.15) is 32.9 Å². The van der Waals surface area contributed by atoms with Gasteiger partial charge in [0, 0.05) is 6.54 Å². The number of nitrogens with zero attached hydrogens (tertiary/aromatic N) is 2. The number of aromatic hydroxyl groups is 1. The van der Waals surface area contributed by atoms with E-state index in [4.69, 9.17) is 4.74 Å². The van der Waals surface area contributed by atoms with Crippen molar-refractivity contribution in [2.24, 2.45) is 0 Å². The Bertz CT molecular complexity index is 536. The second-order valence-electron chi connectivity index (χ2n) is 5.26. The minimum Gasteiger partial charge on any atom is -0.492 e. The molecule has 0 fully saturated rings. The van der Waals surface area contributed by atoms with Crippen LogP contribution in [0.4, 0.5) is 4.79 Å². The third-order valence-electron chi connectivity index (χ3n) is 2.62. The van der Waals surface area contributed by atoms with Gasteiger partial charge in [-0.15, -0.1) is 0 Å². The van der Waals surface area contributed by atoms with Crippen LogP contribution in [-0.2, 0) is 17.7 Å². The van der Waals surface area contributed by atoms with Gasteiger partial charge >= 0.3 is 11.8 Å². The molecule has 1 aromatic rings. The fourth-order valence-corrected chi connectivity index (χ4v) is 1.95. The van der Waals surface area contributed by atoms with Crippen LogP contribution in [0.2, 0.25) is 0 Å². The first-order chi connectivity index (χ1) is 8.29. The first-order valence-electron chi connectivity index (χ1n) is 5.83. The summed E-state index contributed by atoms with van der Waals surface area (Å²) in [4.78, 5) is 23.4. The Labute approximate surface area is 104 Å². The molecule has 7 nitrogen and oxygen atoms in total. The van der Waals surface area contributed by atoms with Gasteiger partial charge in [-0.1, -0.05) is 0 Å². The lowest BCUT2D eigenvalue weighted by atomic mass is 10.2. The highest BCUT2D eigenvalue weighted by Gasteiger charge is 2.25. The Kier molecular flexibility index (Phi) is 2.84. The molecule has 2 rings (SSSR count). The highest BCUT2D eigenvalue weighted by Crippen LogP contribution is 2.22. The van der Waals surface area contributed by atoms with Crippen LogP contribution in [0.25, 0.3) is 0 Å². The van der Waals surface area contributed by atoms with Crippen molar-refractivity contribution in [1.82, 2.24) is 9.24 Å². The second-order valence-corrected chi connectivity index (χ2v) is 5.26. The van der Waals surface area contributed by atoms with E-state index in [2.05, 4.69) is 5.43 Å². The van der Waals surface area contributed by atoms with Crippen molar-refractivity contribution >= 4 is 6.09 Å². The third kappa shape index (κ3) is 2.20. The van der Waals surface area contributed by atoms with Gasteiger partial charge in [0.1, 0.15) is 5.60 Å². The number of amides is 1. The molecule has 0 radical (unpaired) electrons. The summed E-state index contributed by atoms with van der Waals surface area (Å²) in [6.07, 6.45) is 0.680. The Morgan fingerprint density at radius 1 is 1.44 bits per heavy atom. The molecule has 0 atom stereocenters. The molecule has 2 heterocycles. The molecule has 0 unspecified atom stereocenters. The van der Waals surface area contributed by atoms with Gasteiger partial charge < -0.3 is 9.84 Å². The monoisotopic (exact) mass is 255 g/mol. The molecular weight excluding hydrogens is 238 g/mol. The molecule has 18 heavy (non-hydrogen) atoms. The maximum atomic E-state index is 11.9. The van der Waals surface area contributed by atoms with Crippen LogP contribution in [0, 0.1) is 0 Å². The molecule has 0 aliphatic carbocycles. The Morgan fingerprint density at radius 2 is 2.11 bits per heavy atom. The van der Waals surface area contributed by atoms with E-state index < -0.39 is 17.4 Å². The fourth-order valence-electron chi connectivity index (χ4n) is 1.95. The lowest BCUT2D eigenvalue weighted by Gasteiger charge is -2.19. The van der Waals surface area contributed by atoms with Crippen LogP contribution in [-0.4, -0.2) is 26.0 Å². The summed E-state index contributed by atoms with van der Waals surface area (Å²) in [5.74, 6) is -0.219. The van der Waals surface area contributed by atoms with Crippen molar-refractivity contribution in [2.75, 3.05) is 5.43 Å². The normalized spacial score (nSPS) is 14.4. The average molecular weight is 255 g/mol. The number of rotatable bonds is 1. The summed E-state index contributed by atoms with van der Waals surface area (Å²) >= 11 is 0. The summed E-state index contributed by atoms with van der Waals surface area (Å²) in [5.41, 5.74) is 1.67. The van der Waals surface area contributed by atoms with Crippen LogP contribution >= 0.6 is 0 Å². The first-order valence-corrected chi connectivity index (χ1v) is 5.83. The first kappa shape index (κ1) is 12.5. The molecule has 1 aromatic heterocycles. The number of hydrogen-bond donors (Lipinski definition) is 2. The molecule has 0 aromatic carbocycles. The highest BCUT2D eigenvalue weighted by atomic mass is 16.6. The zero-order chi connectivity index (χ0) is 13.5. The van der Waals surface area contributed by atoms with E-state index in [1.807, 2.05) is 0 Å². The zero-order valence-electron chi connectivity index (χ0n) is 10.7.